The molecule has 1 amide bonds. The van der Waals surface area contributed by atoms with Crippen molar-refractivity contribution in [1.29, 1.82) is 0 Å². The van der Waals surface area contributed by atoms with Crippen molar-refractivity contribution in [2.75, 3.05) is 5.32 Å². The van der Waals surface area contributed by atoms with Gasteiger partial charge in [0.05, 0.1) is 0 Å². The highest BCUT2D eigenvalue weighted by Crippen LogP contribution is 2.13. The predicted octanol–water partition coefficient (Wildman–Crippen LogP) is 4.09. The fraction of sp³-hybridized carbons (Fsp3) is 0.412. The van der Waals surface area contributed by atoms with Crippen LogP contribution in [-0.4, -0.2) is 16.7 Å². The van der Waals surface area contributed by atoms with Crippen LogP contribution in [0.4, 0.5) is 10.5 Å². The Morgan fingerprint density at radius 2 is 1.91 bits per heavy atom. The van der Waals surface area contributed by atoms with Crippen molar-refractivity contribution in [3.8, 4) is 0 Å². The molecule has 0 saturated heterocycles. The number of nitrogens with zero attached hydrogens (tertiary/aromatic N) is 1. The minimum absolute atomic E-state index is 0.442. The summed E-state index contributed by atoms with van der Waals surface area (Å²) in [5.41, 5.74) is 2.43. The molecule has 5 nitrogen and oxygen atoms in total. The maximum absolute atomic E-state index is 11.7. The highest BCUT2D eigenvalue weighted by atomic mass is 32.1. The molecule has 0 aliphatic carbocycles. The Balaban J connectivity index is 1.79. The molecule has 0 fully saturated rings. The fourth-order valence-corrected chi connectivity index (χ4v) is 2.67. The third kappa shape index (κ3) is 6.38. The highest BCUT2D eigenvalue weighted by Gasteiger charge is 2.15. The number of nitrogens with one attached hydrogen (secondary N) is 2. The molecule has 0 aliphatic heterocycles. The first-order valence-corrected chi connectivity index (χ1v) is 8.40. The van der Waals surface area contributed by atoms with Gasteiger partial charge in [0.25, 0.3) is 0 Å². The number of benzene rings is 1. The van der Waals surface area contributed by atoms with Crippen LogP contribution in [0, 0.1) is 6.92 Å². The molecule has 2 rings (SSSR count). The second kappa shape index (κ2) is 7.57. The SMILES string of the molecule is Cc1csc(CNCc2ccc(NC(=O)OC(C)(C)C)cc2)n1. The lowest BCUT2D eigenvalue weighted by molar-refractivity contribution is 0.0636. The third-order valence-corrected chi connectivity index (χ3v) is 3.84. The molecule has 0 bridgehead atoms. The van der Waals surface area contributed by atoms with Crippen LogP contribution >= 0.6 is 11.3 Å². The number of anilines is 1. The molecule has 124 valence electrons. The Morgan fingerprint density at radius 3 is 2.48 bits per heavy atom. The molecule has 0 atom stereocenters. The van der Waals surface area contributed by atoms with E-state index in [0.717, 1.165) is 35.0 Å². The smallest absolute Gasteiger partial charge is 0.412 e. The standard InChI is InChI=1S/C17H23N3O2S/c1-12-11-23-15(19-12)10-18-9-13-5-7-14(8-6-13)20-16(21)22-17(2,3)4/h5-8,11,18H,9-10H2,1-4H3,(H,20,21). The summed E-state index contributed by atoms with van der Waals surface area (Å²) in [6.45, 7) is 9.03. The van der Waals surface area contributed by atoms with Crippen LogP contribution in [0.1, 0.15) is 37.0 Å². The topological polar surface area (TPSA) is 63.2 Å². The molecule has 2 aromatic rings. The molecule has 0 saturated carbocycles. The predicted molar refractivity (Wildman–Crippen MR) is 93.7 cm³/mol. The van der Waals surface area contributed by atoms with Crippen LogP contribution in [0.25, 0.3) is 0 Å². The van der Waals surface area contributed by atoms with E-state index in [1.807, 2.05) is 57.3 Å². The van der Waals surface area contributed by atoms with Crippen LogP contribution in [0.15, 0.2) is 29.6 Å². The first-order chi connectivity index (χ1) is 10.8. The first-order valence-electron chi connectivity index (χ1n) is 7.52. The minimum atomic E-state index is -0.498. The van der Waals surface area contributed by atoms with Gasteiger partial charge in [0.1, 0.15) is 10.6 Å². The zero-order valence-corrected chi connectivity index (χ0v) is 14.8. The number of carbonyl (C=O) groups excluding carboxylic acids is 1. The van der Waals surface area contributed by atoms with Gasteiger partial charge >= 0.3 is 6.09 Å². The van der Waals surface area contributed by atoms with E-state index in [1.165, 1.54) is 0 Å². The molecule has 1 heterocycles. The van der Waals surface area contributed by atoms with Gasteiger partial charge in [-0.2, -0.15) is 0 Å². The van der Waals surface area contributed by atoms with E-state index in [2.05, 4.69) is 15.6 Å². The van der Waals surface area contributed by atoms with Gasteiger partial charge in [-0.25, -0.2) is 9.78 Å². The zero-order chi connectivity index (χ0) is 16.9. The monoisotopic (exact) mass is 333 g/mol. The van der Waals surface area contributed by atoms with Crippen LogP contribution in [-0.2, 0) is 17.8 Å². The largest absolute Gasteiger partial charge is 0.444 e. The van der Waals surface area contributed by atoms with E-state index < -0.39 is 11.7 Å². The Labute approximate surface area is 141 Å². The number of aromatic nitrogens is 1. The van der Waals surface area contributed by atoms with Crippen LogP contribution in [0.5, 0.6) is 0 Å². The number of thiazole rings is 1. The number of carbonyl (C=O) groups is 1. The number of amides is 1. The number of hydrogen-bond acceptors (Lipinski definition) is 5. The average molecular weight is 333 g/mol. The summed E-state index contributed by atoms with van der Waals surface area (Å²) in [6.07, 6.45) is -0.442. The molecule has 2 N–H and O–H groups in total. The summed E-state index contributed by atoms with van der Waals surface area (Å²) in [5.74, 6) is 0. The highest BCUT2D eigenvalue weighted by molar-refractivity contribution is 7.09. The Morgan fingerprint density at radius 1 is 1.22 bits per heavy atom. The Hall–Kier alpha value is -1.92. The zero-order valence-electron chi connectivity index (χ0n) is 14.0. The van der Waals surface area contributed by atoms with Gasteiger partial charge in [0, 0.05) is 29.9 Å². The molecule has 1 aromatic heterocycles. The minimum Gasteiger partial charge on any atom is -0.444 e. The molecule has 23 heavy (non-hydrogen) atoms. The molecule has 0 radical (unpaired) electrons. The van der Waals surface area contributed by atoms with Crippen molar-refractivity contribution in [3.63, 3.8) is 0 Å². The number of hydrogen-bond donors (Lipinski definition) is 2. The van der Waals surface area contributed by atoms with Crippen LogP contribution in [0.2, 0.25) is 0 Å². The van der Waals surface area contributed by atoms with E-state index in [4.69, 9.17) is 4.74 Å². The number of ether oxygens (including phenoxy) is 1. The van der Waals surface area contributed by atoms with Gasteiger partial charge in [-0.1, -0.05) is 12.1 Å². The van der Waals surface area contributed by atoms with Gasteiger partial charge in [0.2, 0.25) is 0 Å². The van der Waals surface area contributed by atoms with Gasteiger partial charge < -0.3 is 10.1 Å². The van der Waals surface area contributed by atoms with Gasteiger partial charge in [0.15, 0.2) is 0 Å². The second-order valence-corrected chi connectivity index (χ2v) is 7.25. The Bertz CT molecular complexity index is 645. The summed E-state index contributed by atoms with van der Waals surface area (Å²) < 4.78 is 5.22. The van der Waals surface area contributed by atoms with E-state index in [0.29, 0.717) is 0 Å². The lowest BCUT2D eigenvalue weighted by Crippen LogP contribution is -2.27. The van der Waals surface area contributed by atoms with Crippen molar-refractivity contribution < 1.29 is 9.53 Å². The summed E-state index contributed by atoms with van der Waals surface area (Å²) in [6, 6.07) is 7.70. The van der Waals surface area contributed by atoms with E-state index in [-0.39, 0.29) is 0 Å². The van der Waals surface area contributed by atoms with Gasteiger partial charge in [-0.05, 0) is 45.4 Å². The fourth-order valence-electron chi connectivity index (χ4n) is 1.93. The van der Waals surface area contributed by atoms with E-state index in [9.17, 15) is 4.79 Å². The first kappa shape index (κ1) is 17.4. The summed E-state index contributed by atoms with van der Waals surface area (Å²) in [7, 11) is 0. The molecule has 1 aromatic carbocycles. The summed E-state index contributed by atoms with van der Waals surface area (Å²) >= 11 is 1.66. The Kier molecular flexibility index (Phi) is 5.74. The second-order valence-electron chi connectivity index (χ2n) is 6.31. The molecule has 0 aliphatic rings. The van der Waals surface area contributed by atoms with Crippen LogP contribution in [0.3, 0.4) is 0 Å². The third-order valence-electron chi connectivity index (χ3n) is 2.87. The quantitative estimate of drug-likeness (QED) is 0.865. The lowest BCUT2D eigenvalue weighted by Gasteiger charge is -2.19. The molecular formula is C17H23N3O2S. The molecule has 0 unspecified atom stereocenters. The van der Waals surface area contributed by atoms with Gasteiger partial charge in [-0.3, -0.25) is 5.32 Å². The maximum Gasteiger partial charge on any atom is 0.412 e. The van der Waals surface area contributed by atoms with Crippen molar-refractivity contribution in [3.05, 3.63) is 45.9 Å². The van der Waals surface area contributed by atoms with Gasteiger partial charge in [-0.15, -0.1) is 11.3 Å². The van der Waals surface area contributed by atoms with Crippen molar-refractivity contribution in [2.24, 2.45) is 0 Å². The average Bonchev–Trinajstić information content (AvgIpc) is 2.84. The van der Waals surface area contributed by atoms with Crippen molar-refractivity contribution >= 4 is 23.1 Å². The van der Waals surface area contributed by atoms with E-state index in [1.54, 1.807) is 11.3 Å². The number of rotatable bonds is 5. The van der Waals surface area contributed by atoms with E-state index >= 15 is 0 Å². The normalized spacial score (nSPS) is 11.3. The molecule has 6 heteroatoms. The lowest BCUT2D eigenvalue weighted by atomic mass is 10.2. The summed E-state index contributed by atoms with van der Waals surface area (Å²) in [4.78, 5) is 16.1. The van der Waals surface area contributed by atoms with Crippen LogP contribution < -0.4 is 10.6 Å². The maximum atomic E-state index is 11.7. The van der Waals surface area contributed by atoms with Crippen molar-refractivity contribution in [2.45, 2.75) is 46.4 Å². The van der Waals surface area contributed by atoms with Crippen molar-refractivity contribution in [1.82, 2.24) is 10.3 Å². The number of aryl methyl sites for hydroxylation is 1. The molecular weight excluding hydrogens is 310 g/mol. The molecule has 0 spiro atoms. The summed E-state index contributed by atoms with van der Waals surface area (Å²) in [5, 5.41) is 9.22.